The molecule has 1 atom stereocenters. The lowest BCUT2D eigenvalue weighted by atomic mass is 9.97. The van der Waals surface area contributed by atoms with Crippen LogP contribution in [0.2, 0.25) is 0 Å². The maximum absolute atomic E-state index is 13.6. The van der Waals surface area contributed by atoms with Gasteiger partial charge < -0.3 is 23.5 Å². The zero-order chi connectivity index (χ0) is 23.0. The molecule has 0 bridgehead atoms. The molecule has 168 valence electrons. The van der Waals surface area contributed by atoms with Gasteiger partial charge in [-0.05, 0) is 61.7 Å². The number of hydrogen-bond donors (Lipinski definition) is 0. The van der Waals surface area contributed by atoms with Gasteiger partial charge in [0.25, 0.3) is 5.91 Å². The molecule has 32 heavy (non-hydrogen) atoms. The third-order valence-corrected chi connectivity index (χ3v) is 5.92. The third kappa shape index (κ3) is 3.52. The Kier molecular flexibility index (Phi) is 5.93. The fraction of sp³-hybridized carbons (Fsp3) is 0.360. The highest BCUT2D eigenvalue weighted by atomic mass is 16.5. The molecule has 0 N–H and O–H groups in total. The first-order chi connectivity index (χ1) is 15.4. The molecular weight excluding hydrogens is 410 g/mol. The number of nitrogens with zero attached hydrogens (tertiary/aromatic N) is 1. The molecule has 3 aromatic rings. The molecule has 4 rings (SSSR count). The molecule has 7 nitrogen and oxygen atoms in total. The Labute approximate surface area is 186 Å². The highest BCUT2D eigenvalue weighted by molar-refractivity contribution is 5.99. The minimum atomic E-state index is -0.612. The predicted molar refractivity (Wildman–Crippen MR) is 121 cm³/mol. The molecule has 1 aliphatic rings. The van der Waals surface area contributed by atoms with Gasteiger partial charge in [0.2, 0.25) is 5.76 Å². The van der Waals surface area contributed by atoms with Crippen LogP contribution in [0.1, 0.15) is 45.8 Å². The van der Waals surface area contributed by atoms with Crippen molar-refractivity contribution in [2.75, 3.05) is 34.0 Å². The van der Waals surface area contributed by atoms with E-state index >= 15 is 0 Å². The van der Waals surface area contributed by atoms with Crippen LogP contribution in [0.15, 0.2) is 39.5 Å². The van der Waals surface area contributed by atoms with Gasteiger partial charge in [-0.3, -0.25) is 9.59 Å². The Hall–Kier alpha value is -3.32. The Morgan fingerprint density at radius 2 is 1.78 bits per heavy atom. The number of rotatable bonds is 7. The second kappa shape index (κ2) is 8.67. The topological polar surface area (TPSA) is 78.2 Å². The SMILES string of the molecule is CCOc1ccc([C@@H]2c3c(oc4cc(C)c(C)cc4c3=O)C(=O)N2CCOC)cc1OC. The van der Waals surface area contributed by atoms with Crippen molar-refractivity contribution < 1.29 is 23.4 Å². The molecule has 7 heteroatoms. The van der Waals surface area contributed by atoms with E-state index in [1.165, 1.54) is 0 Å². The fourth-order valence-corrected chi connectivity index (χ4v) is 4.17. The lowest BCUT2D eigenvalue weighted by Gasteiger charge is -2.25. The number of carbonyl (C=O) groups is 1. The number of hydrogen-bond acceptors (Lipinski definition) is 6. The molecule has 1 amide bonds. The second-order valence-electron chi connectivity index (χ2n) is 7.84. The monoisotopic (exact) mass is 437 g/mol. The molecule has 0 saturated heterocycles. The summed E-state index contributed by atoms with van der Waals surface area (Å²) in [5.74, 6) is 0.892. The first-order valence-electron chi connectivity index (χ1n) is 10.6. The number of benzene rings is 2. The molecule has 0 unspecified atom stereocenters. The third-order valence-electron chi connectivity index (χ3n) is 5.92. The summed E-state index contributed by atoms with van der Waals surface area (Å²) >= 11 is 0. The number of carbonyl (C=O) groups excluding carboxylic acids is 1. The summed E-state index contributed by atoms with van der Waals surface area (Å²) in [5.41, 5.74) is 3.29. The maximum Gasteiger partial charge on any atom is 0.290 e. The van der Waals surface area contributed by atoms with Crippen molar-refractivity contribution in [1.82, 2.24) is 4.90 Å². The summed E-state index contributed by atoms with van der Waals surface area (Å²) in [4.78, 5) is 28.6. The van der Waals surface area contributed by atoms with Gasteiger partial charge >= 0.3 is 0 Å². The Morgan fingerprint density at radius 1 is 1.03 bits per heavy atom. The molecule has 0 aliphatic carbocycles. The number of fused-ring (bicyclic) bond motifs is 2. The van der Waals surface area contributed by atoms with Crippen LogP contribution in [0.4, 0.5) is 0 Å². The number of methoxy groups -OCH3 is 2. The van der Waals surface area contributed by atoms with E-state index in [-0.39, 0.29) is 17.1 Å². The Balaban J connectivity index is 1.95. The zero-order valence-electron chi connectivity index (χ0n) is 19.0. The van der Waals surface area contributed by atoms with Gasteiger partial charge in [0.05, 0.1) is 37.3 Å². The van der Waals surface area contributed by atoms with E-state index in [4.69, 9.17) is 18.6 Å². The van der Waals surface area contributed by atoms with Crippen molar-refractivity contribution in [2.24, 2.45) is 0 Å². The molecular formula is C25H27NO6. The zero-order valence-corrected chi connectivity index (χ0v) is 19.0. The molecule has 1 aliphatic heterocycles. The van der Waals surface area contributed by atoms with Crippen LogP contribution in [0.3, 0.4) is 0 Å². The number of amides is 1. The quantitative estimate of drug-likeness (QED) is 0.556. The van der Waals surface area contributed by atoms with Crippen molar-refractivity contribution in [3.63, 3.8) is 0 Å². The van der Waals surface area contributed by atoms with Crippen LogP contribution in [0, 0.1) is 13.8 Å². The van der Waals surface area contributed by atoms with E-state index < -0.39 is 6.04 Å². The van der Waals surface area contributed by atoms with Crippen LogP contribution in [-0.2, 0) is 4.74 Å². The summed E-state index contributed by atoms with van der Waals surface area (Å²) in [6.07, 6.45) is 0. The molecule has 2 aromatic carbocycles. The average Bonchev–Trinajstić information content (AvgIpc) is 3.06. The predicted octanol–water partition coefficient (Wildman–Crippen LogP) is 4.01. The number of ether oxygens (including phenoxy) is 3. The Bertz CT molecular complexity index is 1250. The van der Waals surface area contributed by atoms with Gasteiger partial charge in [0.1, 0.15) is 5.58 Å². The van der Waals surface area contributed by atoms with Crippen molar-refractivity contribution in [1.29, 1.82) is 0 Å². The van der Waals surface area contributed by atoms with Crippen LogP contribution >= 0.6 is 0 Å². The summed E-state index contributed by atoms with van der Waals surface area (Å²) in [5, 5.41) is 0.469. The highest BCUT2D eigenvalue weighted by Gasteiger charge is 2.42. The molecule has 0 spiro atoms. The summed E-state index contributed by atoms with van der Waals surface area (Å²) in [6.45, 7) is 6.93. The van der Waals surface area contributed by atoms with E-state index in [1.807, 2.05) is 45.0 Å². The standard InChI is InChI=1S/C25H27NO6/c1-6-31-18-8-7-16(13-20(18)30-5)22-21-23(27)17-11-14(2)15(3)12-19(17)32-24(21)25(28)26(22)9-10-29-4/h7-8,11-13,22H,6,9-10H2,1-5H3/t22-/m1/s1. The van der Waals surface area contributed by atoms with Crippen LogP contribution in [-0.4, -0.2) is 44.8 Å². The molecule has 2 heterocycles. The molecule has 0 fully saturated rings. The maximum atomic E-state index is 13.6. The number of aryl methyl sites for hydroxylation is 2. The van der Waals surface area contributed by atoms with Gasteiger partial charge in [-0.15, -0.1) is 0 Å². The fourth-order valence-electron chi connectivity index (χ4n) is 4.17. The van der Waals surface area contributed by atoms with Crippen molar-refractivity contribution in [3.05, 3.63) is 68.6 Å². The first-order valence-corrected chi connectivity index (χ1v) is 10.6. The average molecular weight is 437 g/mol. The van der Waals surface area contributed by atoms with Gasteiger partial charge in [0.15, 0.2) is 16.9 Å². The van der Waals surface area contributed by atoms with Gasteiger partial charge in [-0.2, -0.15) is 0 Å². The molecule has 1 aromatic heterocycles. The van der Waals surface area contributed by atoms with E-state index in [1.54, 1.807) is 25.2 Å². The second-order valence-corrected chi connectivity index (χ2v) is 7.84. The molecule has 0 saturated carbocycles. The minimum Gasteiger partial charge on any atom is -0.493 e. The van der Waals surface area contributed by atoms with E-state index in [0.29, 0.717) is 47.8 Å². The lowest BCUT2D eigenvalue weighted by Crippen LogP contribution is -2.32. The van der Waals surface area contributed by atoms with Crippen molar-refractivity contribution in [2.45, 2.75) is 26.8 Å². The van der Waals surface area contributed by atoms with Gasteiger partial charge in [-0.25, -0.2) is 0 Å². The van der Waals surface area contributed by atoms with Gasteiger partial charge in [0, 0.05) is 13.7 Å². The van der Waals surface area contributed by atoms with Crippen molar-refractivity contribution >= 4 is 16.9 Å². The normalized spacial score (nSPS) is 15.3. The molecule has 0 radical (unpaired) electrons. The van der Waals surface area contributed by atoms with Gasteiger partial charge in [-0.1, -0.05) is 6.07 Å². The van der Waals surface area contributed by atoms with Crippen molar-refractivity contribution in [3.8, 4) is 11.5 Å². The smallest absolute Gasteiger partial charge is 0.290 e. The van der Waals surface area contributed by atoms with E-state index in [9.17, 15) is 9.59 Å². The van der Waals surface area contributed by atoms with Crippen LogP contribution in [0.5, 0.6) is 11.5 Å². The Morgan fingerprint density at radius 3 is 2.47 bits per heavy atom. The summed E-state index contributed by atoms with van der Waals surface area (Å²) in [6, 6.07) is 8.48. The largest absolute Gasteiger partial charge is 0.493 e. The summed E-state index contributed by atoms with van der Waals surface area (Å²) in [7, 11) is 3.14. The minimum absolute atomic E-state index is 0.0831. The first kappa shape index (κ1) is 21.9. The van der Waals surface area contributed by atoms with Crippen LogP contribution < -0.4 is 14.9 Å². The van der Waals surface area contributed by atoms with Crippen LogP contribution in [0.25, 0.3) is 11.0 Å². The van der Waals surface area contributed by atoms with E-state index in [0.717, 1.165) is 16.7 Å². The van der Waals surface area contributed by atoms with E-state index in [2.05, 4.69) is 0 Å². The lowest BCUT2D eigenvalue weighted by molar-refractivity contribution is 0.0663. The highest BCUT2D eigenvalue weighted by Crippen LogP contribution is 2.41. The summed E-state index contributed by atoms with van der Waals surface area (Å²) < 4.78 is 22.4.